The van der Waals surface area contributed by atoms with E-state index >= 15 is 0 Å². The molecule has 0 spiro atoms. The zero-order chi connectivity index (χ0) is 11.7. The van der Waals surface area contributed by atoms with Gasteiger partial charge < -0.3 is 5.32 Å². The van der Waals surface area contributed by atoms with Crippen LogP contribution in [0.25, 0.3) is 0 Å². The highest BCUT2D eigenvalue weighted by Crippen LogP contribution is 2.53. The molecule has 1 unspecified atom stereocenters. The third-order valence-corrected chi connectivity index (χ3v) is 5.40. The molecular formula is C15H21NS. The van der Waals surface area contributed by atoms with Crippen molar-refractivity contribution in [3.8, 4) is 0 Å². The number of hydrogen-bond acceptors (Lipinski definition) is 2. The van der Waals surface area contributed by atoms with Gasteiger partial charge in [0.2, 0.25) is 0 Å². The van der Waals surface area contributed by atoms with Crippen molar-refractivity contribution in [2.24, 2.45) is 5.41 Å². The van der Waals surface area contributed by atoms with E-state index in [4.69, 9.17) is 0 Å². The zero-order valence-corrected chi connectivity index (χ0v) is 11.4. The van der Waals surface area contributed by atoms with Crippen LogP contribution in [0.15, 0.2) is 29.2 Å². The summed E-state index contributed by atoms with van der Waals surface area (Å²) in [5.74, 6) is 0. The molecule has 2 aliphatic rings. The lowest BCUT2D eigenvalue weighted by Crippen LogP contribution is -2.26. The van der Waals surface area contributed by atoms with E-state index in [9.17, 15) is 0 Å². The Morgan fingerprint density at radius 3 is 2.88 bits per heavy atom. The number of rotatable bonds is 5. The molecule has 92 valence electrons. The topological polar surface area (TPSA) is 12.0 Å². The highest BCUT2D eigenvalue weighted by atomic mass is 32.2. The van der Waals surface area contributed by atoms with Gasteiger partial charge in [0, 0.05) is 16.7 Å². The van der Waals surface area contributed by atoms with Crippen LogP contribution in [0.1, 0.15) is 31.7 Å². The van der Waals surface area contributed by atoms with E-state index in [1.807, 2.05) is 0 Å². The zero-order valence-electron chi connectivity index (χ0n) is 10.5. The minimum absolute atomic E-state index is 0.649. The molecule has 2 heteroatoms. The van der Waals surface area contributed by atoms with Crippen LogP contribution in [-0.2, 0) is 6.42 Å². The van der Waals surface area contributed by atoms with E-state index in [2.05, 4.69) is 48.3 Å². The maximum Gasteiger partial charge on any atom is 0.0141 e. The largest absolute Gasteiger partial charge is 0.316 e. The molecule has 0 radical (unpaired) electrons. The van der Waals surface area contributed by atoms with Crippen LogP contribution in [0, 0.1) is 5.41 Å². The Hall–Kier alpha value is -0.470. The molecule has 1 aromatic carbocycles. The third-order valence-electron chi connectivity index (χ3n) is 4.08. The van der Waals surface area contributed by atoms with Gasteiger partial charge in [-0.2, -0.15) is 0 Å². The monoisotopic (exact) mass is 247 g/mol. The molecule has 0 bridgehead atoms. The van der Waals surface area contributed by atoms with Crippen LogP contribution in [0.3, 0.4) is 0 Å². The minimum Gasteiger partial charge on any atom is -0.316 e. The predicted octanol–water partition coefficient (Wildman–Crippen LogP) is 3.48. The van der Waals surface area contributed by atoms with Crippen molar-refractivity contribution >= 4 is 11.8 Å². The van der Waals surface area contributed by atoms with Crippen molar-refractivity contribution < 1.29 is 0 Å². The second kappa shape index (κ2) is 4.66. The molecule has 1 nitrogen and oxygen atoms in total. The average Bonchev–Trinajstić information content (AvgIpc) is 2.97. The molecule has 0 saturated heterocycles. The SMILES string of the molecule is CCNCC1(CC2Cc3ccccc3S2)CC1. The van der Waals surface area contributed by atoms with Gasteiger partial charge in [-0.1, -0.05) is 25.1 Å². The average molecular weight is 247 g/mol. The summed E-state index contributed by atoms with van der Waals surface area (Å²) < 4.78 is 0. The normalized spacial score (nSPS) is 24.6. The van der Waals surface area contributed by atoms with Crippen molar-refractivity contribution in [1.29, 1.82) is 0 Å². The maximum atomic E-state index is 3.54. The molecule has 0 aromatic heterocycles. The van der Waals surface area contributed by atoms with E-state index in [1.54, 1.807) is 5.56 Å². The van der Waals surface area contributed by atoms with E-state index in [0.717, 1.165) is 11.8 Å². The number of benzene rings is 1. The van der Waals surface area contributed by atoms with Crippen molar-refractivity contribution in [2.75, 3.05) is 13.1 Å². The molecule has 1 aliphatic heterocycles. The van der Waals surface area contributed by atoms with Crippen LogP contribution in [0.4, 0.5) is 0 Å². The van der Waals surface area contributed by atoms with Gasteiger partial charge in [0.25, 0.3) is 0 Å². The second-order valence-electron chi connectivity index (χ2n) is 5.54. The smallest absolute Gasteiger partial charge is 0.0141 e. The lowest BCUT2D eigenvalue weighted by atomic mass is 9.96. The Balaban J connectivity index is 1.59. The van der Waals surface area contributed by atoms with Gasteiger partial charge in [0.15, 0.2) is 0 Å². The fourth-order valence-electron chi connectivity index (χ4n) is 2.87. The summed E-state index contributed by atoms with van der Waals surface area (Å²) in [5.41, 5.74) is 2.22. The molecule has 1 heterocycles. The van der Waals surface area contributed by atoms with Gasteiger partial charge in [-0.3, -0.25) is 0 Å². The van der Waals surface area contributed by atoms with Gasteiger partial charge in [-0.15, -0.1) is 11.8 Å². The highest BCUT2D eigenvalue weighted by Gasteiger charge is 2.44. The Bertz CT molecular complexity index is 373. The number of nitrogens with one attached hydrogen (secondary N) is 1. The first kappa shape index (κ1) is 11.6. The van der Waals surface area contributed by atoms with Crippen LogP contribution in [0.2, 0.25) is 0 Å². The van der Waals surface area contributed by atoms with Crippen molar-refractivity contribution in [3.63, 3.8) is 0 Å². The summed E-state index contributed by atoms with van der Waals surface area (Å²) in [6.07, 6.45) is 5.56. The van der Waals surface area contributed by atoms with Gasteiger partial charge in [-0.05, 0) is 49.3 Å². The van der Waals surface area contributed by atoms with Crippen LogP contribution in [0.5, 0.6) is 0 Å². The summed E-state index contributed by atoms with van der Waals surface area (Å²) in [4.78, 5) is 1.52. The molecule has 3 rings (SSSR count). The van der Waals surface area contributed by atoms with E-state index in [-0.39, 0.29) is 0 Å². The minimum atomic E-state index is 0.649. The first-order chi connectivity index (χ1) is 8.31. The van der Waals surface area contributed by atoms with Gasteiger partial charge in [-0.25, -0.2) is 0 Å². The fraction of sp³-hybridized carbons (Fsp3) is 0.600. The Labute approximate surface area is 108 Å². The van der Waals surface area contributed by atoms with Gasteiger partial charge >= 0.3 is 0 Å². The molecule has 1 saturated carbocycles. The van der Waals surface area contributed by atoms with Crippen LogP contribution >= 0.6 is 11.8 Å². The first-order valence-electron chi connectivity index (χ1n) is 6.77. The fourth-order valence-corrected chi connectivity index (χ4v) is 4.39. The molecule has 1 N–H and O–H groups in total. The maximum absolute atomic E-state index is 3.54. The summed E-state index contributed by atoms with van der Waals surface area (Å²) in [6, 6.07) is 8.92. The number of fused-ring (bicyclic) bond motifs is 1. The summed E-state index contributed by atoms with van der Waals surface area (Å²) in [6.45, 7) is 4.55. The molecule has 1 fully saturated rings. The van der Waals surface area contributed by atoms with Crippen molar-refractivity contribution in [1.82, 2.24) is 5.32 Å². The summed E-state index contributed by atoms with van der Waals surface area (Å²) in [7, 11) is 0. The lowest BCUT2D eigenvalue weighted by molar-refractivity contribution is 0.426. The first-order valence-corrected chi connectivity index (χ1v) is 7.65. The van der Waals surface area contributed by atoms with Gasteiger partial charge in [0.1, 0.15) is 0 Å². The standard InChI is InChI=1S/C15H21NS/c1-2-16-11-15(7-8-15)10-13-9-12-5-3-4-6-14(12)17-13/h3-6,13,16H,2,7-11H2,1H3. The van der Waals surface area contributed by atoms with Gasteiger partial charge in [0.05, 0.1) is 0 Å². The predicted molar refractivity (Wildman–Crippen MR) is 74.6 cm³/mol. The third kappa shape index (κ3) is 2.53. The Morgan fingerprint density at radius 2 is 2.18 bits per heavy atom. The number of hydrogen-bond donors (Lipinski definition) is 1. The second-order valence-corrected chi connectivity index (χ2v) is 6.88. The molecule has 1 atom stereocenters. The van der Waals surface area contributed by atoms with Crippen LogP contribution < -0.4 is 5.32 Å². The lowest BCUT2D eigenvalue weighted by Gasteiger charge is -2.19. The Kier molecular flexibility index (Phi) is 3.18. The molecule has 0 amide bonds. The van der Waals surface area contributed by atoms with Crippen LogP contribution in [-0.4, -0.2) is 18.3 Å². The quantitative estimate of drug-likeness (QED) is 0.855. The van der Waals surface area contributed by atoms with E-state index < -0.39 is 0 Å². The van der Waals surface area contributed by atoms with Crippen molar-refractivity contribution in [2.45, 2.75) is 42.8 Å². The molecule has 1 aliphatic carbocycles. The molecule has 17 heavy (non-hydrogen) atoms. The molecule has 1 aromatic rings. The molecular weight excluding hydrogens is 226 g/mol. The van der Waals surface area contributed by atoms with E-state index in [1.165, 1.54) is 37.1 Å². The summed E-state index contributed by atoms with van der Waals surface area (Å²) in [5, 5.41) is 4.36. The highest BCUT2D eigenvalue weighted by molar-refractivity contribution is 8.00. The Morgan fingerprint density at radius 1 is 1.35 bits per heavy atom. The summed E-state index contributed by atoms with van der Waals surface area (Å²) >= 11 is 2.11. The van der Waals surface area contributed by atoms with E-state index in [0.29, 0.717) is 5.41 Å². The van der Waals surface area contributed by atoms with Crippen molar-refractivity contribution in [3.05, 3.63) is 29.8 Å². The number of thioether (sulfide) groups is 1.